The lowest BCUT2D eigenvalue weighted by molar-refractivity contribution is -0.119. The highest BCUT2D eigenvalue weighted by atomic mass is 32.1. The first-order valence-corrected chi connectivity index (χ1v) is 9.59. The van der Waals surface area contributed by atoms with Gasteiger partial charge in [0.25, 0.3) is 0 Å². The summed E-state index contributed by atoms with van der Waals surface area (Å²) >= 11 is 0.908. The van der Waals surface area contributed by atoms with E-state index in [1.165, 1.54) is 23.9 Å². The SMILES string of the molecule is CCOC(=O)c1sc(NC(=O)C(C)n2ccc(C(=O)O)n2)c(C(=O)OCC)c1C. The highest BCUT2D eigenvalue weighted by Crippen LogP contribution is 2.34. The van der Waals surface area contributed by atoms with Crippen LogP contribution >= 0.6 is 11.3 Å². The maximum atomic E-state index is 12.7. The smallest absolute Gasteiger partial charge is 0.356 e. The quantitative estimate of drug-likeness (QED) is 0.618. The zero-order chi connectivity index (χ0) is 21.7. The van der Waals surface area contributed by atoms with Crippen LogP contribution in [-0.2, 0) is 14.3 Å². The molecule has 0 fully saturated rings. The molecule has 156 valence electrons. The van der Waals surface area contributed by atoms with Crippen LogP contribution in [0.2, 0.25) is 0 Å². The van der Waals surface area contributed by atoms with E-state index >= 15 is 0 Å². The molecule has 2 aromatic rings. The van der Waals surface area contributed by atoms with Crippen molar-refractivity contribution >= 4 is 40.2 Å². The van der Waals surface area contributed by atoms with Gasteiger partial charge in [-0.15, -0.1) is 11.3 Å². The molecular weight excluding hydrogens is 402 g/mol. The van der Waals surface area contributed by atoms with E-state index in [-0.39, 0.29) is 34.3 Å². The minimum atomic E-state index is -1.21. The number of carbonyl (C=O) groups excluding carboxylic acids is 3. The molecule has 0 aliphatic rings. The number of aromatic carboxylic acids is 1. The number of hydrogen-bond donors (Lipinski definition) is 2. The van der Waals surface area contributed by atoms with Gasteiger partial charge in [-0.3, -0.25) is 9.48 Å². The van der Waals surface area contributed by atoms with Gasteiger partial charge >= 0.3 is 17.9 Å². The Balaban J connectivity index is 2.34. The van der Waals surface area contributed by atoms with Gasteiger partial charge < -0.3 is 19.9 Å². The monoisotopic (exact) mass is 423 g/mol. The van der Waals surface area contributed by atoms with Gasteiger partial charge in [-0.05, 0) is 39.3 Å². The van der Waals surface area contributed by atoms with E-state index in [0.29, 0.717) is 5.56 Å². The molecule has 2 heterocycles. The number of rotatable bonds is 8. The molecular formula is C18H21N3O7S. The number of nitrogens with zero attached hydrogens (tertiary/aromatic N) is 2. The molecule has 2 rings (SSSR count). The molecule has 1 atom stereocenters. The number of hydrogen-bond acceptors (Lipinski definition) is 8. The van der Waals surface area contributed by atoms with Gasteiger partial charge in [-0.2, -0.15) is 5.10 Å². The molecule has 10 nitrogen and oxygen atoms in total. The maximum Gasteiger partial charge on any atom is 0.356 e. The maximum absolute atomic E-state index is 12.7. The molecule has 2 N–H and O–H groups in total. The second-order valence-corrected chi connectivity index (χ2v) is 6.87. The zero-order valence-corrected chi connectivity index (χ0v) is 17.2. The van der Waals surface area contributed by atoms with Crippen molar-refractivity contribution < 1.29 is 33.8 Å². The summed E-state index contributed by atoms with van der Waals surface area (Å²) in [6.07, 6.45) is 1.36. The Morgan fingerprint density at radius 3 is 2.38 bits per heavy atom. The van der Waals surface area contributed by atoms with Crippen LogP contribution in [0.5, 0.6) is 0 Å². The molecule has 11 heteroatoms. The summed E-state index contributed by atoms with van der Waals surface area (Å²) in [5.41, 5.74) is 0.225. The van der Waals surface area contributed by atoms with Crippen molar-refractivity contribution in [3.05, 3.63) is 34.0 Å². The number of anilines is 1. The van der Waals surface area contributed by atoms with E-state index in [4.69, 9.17) is 14.6 Å². The van der Waals surface area contributed by atoms with Crippen LogP contribution in [0.25, 0.3) is 0 Å². The van der Waals surface area contributed by atoms with Crippen molar-refractivity contribution in [2.45, 2.75) is 33.7 Å². The summed E-state index contributed by atoms with van der Waals surface area (Å²) < 4.78 is 11.2. The number of thiophene rings is 1. The number of esters is 2. The molecule has 29 heavy (non-hydrogen) atoms. The van der Waals surface area contributed by atoms with E-state index in [2.05, 4.69) is 10.4 Å². The summed E-state index contributed by atoms with van der Waals surface area (Å²) in [7, 11) is 0. The molecule has 2 aromatic heterocycles. The van der Waals surface area contributed by atoms with E-state index in [0.717, 1.165) is 11.3 Å². The van der Waals surface area contributed by atoms with Crippen LogP contribution in [0.4, 0.5) is 5.00 Å². The molecule has 0 radical (unpaired) electrons. The number of carboxylic acid groups (broad SMARTS) is 1. The van der Waals surface area contributed by atoms with Gasteiger partial charge in [0.15, 0.2) is 5.69 Å². The van der Waals surface area contributed by atoms with Gasteiger partial charge in [0.05, 0.1) is 18.8 Å². The van der Waals surface area contributed by atoms with Crippen LogP contribution in [0.3, 0.4) is 0 Å². The standard InChI is InChI=1S/C18H21N3O7S/c1-5-27-17(25)12-9(3)13(18(26)28-6-2)29-15(12)19-14(22)10(4)21-8-7-11(20-21)16(23)24/h7-8,10H,5-6H2,1-4H3,(H,19,22)(H,23,24). The van der Waals surface area contributed by atoms with Crippen molar-refractivity contribution in [1.29, 1.82) is 0 Å². The van der Waals surface area contributed by atoms with Gasteiger partial charge in [0.1, 0.15) is 15.9 Å². The fourth-order valence-corrected chi connectivity index (χ4v) is 3.54. The van der Waals surface area contributed by atoms with Crippen molar-refractivity contribution in [3.63, 3.8) is 0 Å². The molecule has 0 aliphatic heterocycles. The fourth-order valence-electron chi connectivity index (χ4n) is 2.45. The van der Waals surface area contributed by atoms with Gasteiger partial charge in [0.2, 0.25) is 5.91 Å². The minimum Gasteiger partial charge on any atom is -0.476 e. The van der Waals surface area contributed by atoms with Crippen molar-refractivity contribution in [3.8, 4) is 0 Å². The van der Waals surface area contributed by atoms with Gasteiger partial charge in [-0.25, -0.2) is 14.4 Å². The number of amides is 1. The van der Waals surface area contributed by atoms with Gasteiger partial charge in [0, 0.05) is 6.20 Å². The lowest BCUT2D eigenvalue weighted by Gasteiger charge is -2.13. The Hall–Kier alpha value is -3.21. The van der Waals surface area contributed by atoms with Crippen LogP contribution < -0.4 is 5.32 Å². The third-order valence-electron chi connectivity index (χ3n) is 3.93. The largest absolute Gasteiger partial charge is 0.476 e. The van der Waals surface area contributed by atoms with Crippen molar-refractivity contribution in [2.24, 2.45) is 0 Å². The first-order chi connectivity index (χ1) is 13.7. The van der Waals surface area contributed by atoms with Crippen molar-refractivity contribution in [2.75, 3.05) is 18.5 Å². The van der Waals surface area contributed by atoms with Crippen LogP contribution in [-0.4, -0.2) is 51.9 Å². The number of carbonyl (C=O) groups is 4. The average molecular weight is 423 g/mol. The summed E-state index contributed by atoms with van der Waals surface area (Å²) in [4.78, 5) is 48.4. The summed E-state index contributed by atoms with van der Waals surface area (Å²) in [6.45, 7) is 6.68. The Kier molecular flexibility index (Phi) is 7.10. The predicted octanol–water partition coefficient (Wildman–Crippen LogP) is 2.50. The number of aromatic nitrogens is 2. The highest BCUT2D eigenvalue weighted by molar-refractivity contribution is 7.18. The second-order valence-electron chi connectivity index (χ2n) is 5.85. The molecule has 0 bridgehead atoms. The third kappa shape index (κ3) is 4.80. The van der Waals surface area contributed by atoms with E-state index in [9.17, 15) is 19.2 Å². The van der Waals surface area contributed by atoms with Crippen molar-refractivity contribution in [1.82, 2.24) is 9.78 Å². The lowest BCUT2D eigenvalue weighted by atomic mass is 10.1. The van der Waals surface area contributed by atoms with Crippen LogP contribution in [0, 0.1) is 6.92 Å². The fraction of sp³-hybridized carbons (Fsp3) is 0.389. The zero-order valence-electron chi connectivity index (χ0n) is 16.3. The molecule has 0 saturated carbocycles. The minimum absolute atomic E-state index is 0.0761. The Bertz CT molecular complexity index is 947. The first kappa shape index (κ1) is 22.1. The molecule has 1 unspecified atom stereocenters. The average Bonchev–Trinajstić information content (AvgIpc) is 3.27. The van der Waals surface area contributed by atoms with Gasteiger partial charge in [-0.1, -0.05) is 0 Å². The Labute approximate surface area is 170 Å². The second kappa shape index (κ2) is 9.32. The highest BCUT2D eigenvalue weighted by Gasteiger charge is 2.28. The molecule has 1 amide bonds. The predicted molar refractivity (Wildman–Crippen MR) is 103 cm³/mol. The normalized spacial score (nSPS) is 11.6. The lowest BCUT2D eigenvalue weighted by Crippen LogP contribution is -2.25. The number of carboxylic acids is 1. The number of nitrogens with one attached hydrogen (secondary N) is 1. The molecule has 0 saturated heterocycles. The molecule has 0 aliphatic carbocycles. The topological polar surface area (TPSA) is 137 Å². The van der Waals surface area contributed by atoms with Crippen LogP contribution in [0.1, 0.15) is 62.9 Å². The Morgan fingerprint density at radius 1 is 1.21 bits per heavy atom. The number of ether oxygens (including phenoxy) is 2. The van der Waals surface area contributed by atoms with E-state index in [1.54, 1.807) is 20.8 Å². The first-order valence-electron chi connectivity index (χ1n) is 8.78. The molecule has 0 spiro atoms. The van der Waals surface area contributed by atoms with E-state index in [1.807, 2.05) is 0 Å². The summed E-state index contributed by atoms with van der Waals surface area (Å²) in [5, 5.41) is 15.5. The van der Waals surface area contributed by atoms with Crippen LogP contribution in [0.15, 0.2) is 12.3 Å². The third-order valence-corrected chi connectivity index (χ3v) is 5.11. The Morgan fingerprint density at radius 2 is 1.83 bits per heavy atom. The summed E-state index contributed by atoms with van der Waals surface area (Å²) in [6, 6.07) is 0.399. The molecule has 0 aromatic carbocycles. The summed E-state index contributed by atoms with van der Waals surface area (Å²) in [5.74, 6) is -3.04. The van der Waals surface area contributed by atoms with E-state index < -0.39 is 29.9 Å².